The zero-order chi connectivity index (χ0) is 22.4. The van der Waals surface area contributed by atoms with Crippen molar-refractivity contribution in [2.75, 3.05) is 5.73 Å². The van der Waals surface area contributed by atoms with Crippen molar-refractivity contribution in [3.05, 3.63) is 65.0 Å². The highest BCUT2D eigenvalue weighted by Gasteiger charge is 2.16. The third-order valence-corrected chi connectivity index (χ3v) is 5.50. The topological polar surface area (TPSA) is 141 Å². The lowest BCUT2D eigenvalue weighted by atomic mass is 10.1. The number of hydrogen-bond donors (Lipinski definition) is 3. The van der Waals surface area contributed by atoms with Gasteiger partial charge in [0, 0.05) is 35.3 Å². The number of aryl methyl sites for hydroxylation is 2. The fourth-order valence-corrected chi connectivity index (χ4v) is 3.98. The summed E-state index contributed by atoms with van der Waals surface area (Å²) in [5.41, 5.74) is 14.7. The molecule has 5 aromatic rings. The number of nitrogen functional groups attached to an aromatic ring is 1. The van der Waals surface area contributed by atoms with Crippen LogP contribution in [0.3, 0.4) is 0 Å². The average Bonchev–Trinajstić information content (AvgIpc) is 3.43. The Bertz CT molecular complexity index is 1500. The summed E-state index contributed by atoms with van der Waals surface area (Å²) in [6.07, 6.45) is 4.72. The first-order chi connectivity index (χ1) is 15.4. The van der Waals surface area contributed by atoms with Crippen LogP contribution < -0.4 is 11.5 Å². The van der Waals surface area contributed by atoms with E-state index >= 15 is 0 Å². The summed E-state index contributed by atoms with van der Waals surface area (Å²) >= 11 is 6.52. The van der Waals surface area contributed by atoms with E-state index in [0.29, 0.717) is 34.6 Å². The number of rotatable bonds is 5. The Hall–Kier alpha value is -4.05. The SMILES string of the molecule is NC(=O)c1ncc(F)cc1CCn1cc2c(n1)c(N)nc1cc(-c3ccn[nH]3)c(Cl)cc12. The maximum atomic E-state index is 13.6. The highest BCUT2D eigenvalue weighted by atomic mass is 35.5. The molecule has 1 amide bonds. The number of H-pyrrole nitrogens is 1. The quantitative estimate of drug-likeness (QED) is 0.375. The molecule has 0 aliphatic heterocycles. The fraction of sp³-hybridized carbons (Fsp3) is 0.0952. The fourth-order valence-electron chi connectivity index (χ4n) is 3.72. The van der Waals surface area contributed by atoms with Gasteiger partial charge in [0.1, 0.15) is 17.0 Å². The number of nitrogens with one attached hydrogen (secondary N) is 1. The van der Waals surface area contributed by atoms with E-state index in [1.165, 1.54) is 6.07 Å². The molecule has 0 saturated heterocycles. The van der Waals surface area contributed by atoms with Crippen molar-refractivity contribution in [1.82, 2.24) is 29.9 Å². The minimum atomic E-state index is -0.715. The Morgan fingerprint density at radius 2 is 2.09 bits per heavy atom. The first kappa shape index (κ1) is 19.9. The third-order valence-electron chi connectivity index (χ3n) is 5.19. The largest absolute Gasteiger partial charge is 0.382 e. The van der Waals surface area contributed by atoms with Gasteiger partial charge in [-0.25, -0.2) is 14.4 Å². The summed E-state index contributed by atoms with van der Waals surface area (Å²) in [6, 6.07) is 6.72. The maximum Gasteiger partial charge on any atom is 0.267 e. The van der Waals surface area contributed by atoms with E-state index in [2.05, 4.69) is 25.3 Å². The predicted molar refractivity (Wildman–Crippen MR) is 118 cm³/mol. The lowest BCUT2D eigenvalue weighted by Gasteiger charge is -2.06. The molecule has 0 aliphatic rings. The smallest absolute Gasteiger partial charge is 0.267 e. The van der Waals surface area contributed by atoms with E-state index in [1.54, 1.807) is 10.9 Å². The number of carbonyl (C=O) groups is 1. The summed E-state index contributed by atoms with van der Waals surface area (Å²) in [4.78, 5) is 19.9. The van der Waals surface area contributed by atoms with Gasteiger partial charge in [-0.1, -0.05) is 11.6 Å². The van der Waals surface area contributed by atoms with E-state index in [-0.39, 0.29) is 11.5 Å². The number of fused-ring (bicyclic) bond motifs is 3. The predicted octanol–water partition coefficient (Wildman–Crippen LogP) is 3.09. The van der Waals surface area contributed by atoms with Crippen LogP contribution in [0.25, 0.3) is 33.1 Å². The second-order valence-electron chi connectivity index (χ2n) is 7.25. The van der Waals surface area contributed by atoms with Gasteiger partial charge in [-0.05, 0) is 36.2 Å². The van der Waals surface area contributed by atoms with Crippen LogP contribution in [0.1, 0.15) is 16.1 Å². The monoisotopic (exact) mass is 450 g/mol. The lowest BCUT2D eigenvalue weighted by Crippen LogP contribution is -2.17. The first-order valence-electron chi connectivity index (χ1n) is 9.60. The Balaban J connectivity index is 1.55. The highest BCUT2D eigenvalue weighted by molar-refractivity contribution is 6.34. The van der Waals surface area contributed by atoms with Crippen molar-refractivity contribution in [1.29, 1.82) is 0 Å². The van der Waals surface area contributed by atoms with Crippen LogP contribution in [0.5, 0.6) is 0 Å². The molecule has 11 heteroatoms. The second-order valence-corrected chi connectivity index (χ2v) is 7.65. The lowest BCUT2D eigenvalue weighted by molar-refractivity contribution is 0.0994. The molecule has 5 rings (SSSR count). The van der Waals surface area contributed by atoms with Gasteiger partial charge < -0.3 is 11.5 Å². The molecule has 0 bridgehead atoms. The minimum absolute atomic E-state index is 0.0351. The van der Waals surface area contributed by atoms with Gasteiger partial charge >= 0.3 is 0 Å². The van der Waals surface area contributed by atoms with E-state index in [1.807, 2.05) is 24.4 Å². The molecule has 0 aliphatic carbocycles. The number of carbonyl (C=O) groups excluding carboxylic acids is 1. The number of hydrogen-bond acceptors (Lipinski definition) is 6. The molecular formula is C21H16ClFN8O. The number of aromatic amines is 1. The molecule has 0 unspecified atom stereocenters. The number of nitrogens with zero attached hydrogens (tertiary/aromatic N) is 5. The Morgan fingerprint density at radius 1 is 1.25 bits per heavy atom. The average molecular weight is 451 g/mol. The zero-order valence-corrected chi connectivity index (χ0v) is 17.3. The van der Waals surface area contributed by atoms with Crippen molar-refractivity contribution in [2.45, 2.75) is 13.0 Å². The van der Waals surface area contributed by atoms with Crippen molar-refractivity contribution in [3.63, 3.8) is 0 Å². The van der Waals surface area contributed by atoms with E-state index in [0.717, 1.165) is 28.2 Å². The summed E-state index contributed by atoms with van der Waals surface area (Å²) in [7, 11) is 0. The number of halogens is 2. The molecule has 0 fully saturated rings. The molecule has 32 heavy (non-hydrogen) atoms. The van der Waals surface area contributed by atoms with Gasteiger partial charge in [-0.3, -0.25) is 14.6 Å². The Morgan fingerprint density at radius 3 is 2.84 bits per heavy atom. The number of amides is 1. The van der Waals surface area contributed by atoms with E-state index < -0.39 is 11.7 Å². The van der Waals surface area contributed by atoms with Crippen LogP contribution in [0.4, 0.5) is 10.2 Å². The van der Waals surface area contributed by atoms with Crippen LogP contribution in [-0.2, 0) is 13.0 Å². The maximum absolute atomic E-state index is 13.6. The summed E-state index contributed by atoms with van der Waals surface area (Å²) in [5, 5.41) is 13.5. The Kier molecular flexibility index (Phi) is 4.71. The molecule has 0 radical (unpaired) electrons. The van der Waals surface area contributed by atoms with E-state index in [9.17, 15) is 9.18 Å². The third kappa shape index (κ3) is 3.40. The zero-order valence-electron chi connectivity index (χ0n) is 16.5. The van der Waals surface area contributed by atoms with Gasteiger partial charge in [0.15, 0.2) is 5.82 Å². The normalized spacial score (nSPS) is 11.4. The molecule has 9 nitrogen and oxygen atoms in total. The Labute approximate surface area is 185 Å². The molecule has 0 spiro atoms. The number of benzene rings is 1. The van der Waals surface area contributed by atoms with Gasteiger partial charge in [-0.2, -0.15) is 10.2 Å². The van der Waals surface area contributed by atoms with Crippen LogP contribution in [0, 0.1) is 5.82 Å². The van der Waals surface area contributed by atoms with Crippen molar-refractivity contribution >= 4 is 45.1 Å². The number of anilines is 1. The molecule has 1 aromatic carbocycles. The first-order valence-corrected chi connectivity index (χ1v) is 9.98. The van der Waals surface area contributed by atoms with Crippen LogP contribution >= 0.6 is 11.6 Å². The molecule has 5 N–H and O–H groups in total. The molecule has 4 aromatic heterocycles. The summed E-state index contributed by atoms with van der Waals surface area (Å²) < 4.78 is 15.3. The minimum Gasteiger partial charge on any atom is -0.382 e. The van der Waals surface area contributed by atoms with Crippen LogP contribution in [0.15, 0.2) is 42.9 Å². The summed E-state index contributed by atoms with van der Waals surface area (Å²) in [6.45, 7) is 0.348. The van der Waals surface area contributed by atoms with Crippen LogP contribution in [-0.4, -0.2) is 35.9 Å². The van der Waals surface area contributed by atoms with Gasteiger partial charge in [-0.15, -0.1) is 0 Å². The standard InChI is InChI=1S/C21H16ClFN8O/c22-15-6-12-14-9-31(4-2-10-5-11(23)8-26-18(10)21(25)32)30-19(14)20(24)28-17(12)7-13(15)16-1-3-27-29-16/h1,3,5-9H,2,4H2,(H2,24,28)(H2,25,32)(H,27,29). The molecule has 160 valence electrons. The number of nitrogens with two attached hydrogens (primary N) is 2. The van der Waals surface area contributed by atoms with E-state index in [4.69, 9.17) is 23.1 Å². The number of primary amides is 1. The molecule has 4 heterocycles. The van der Waals surface area contributed by atoms with Crippen molar-refractivity contribution in [3.8, 4) is 11.3 Å². The molecule has 0 saturated carbocycles. The van der Waals surface area contributed by atoms with Gasteiger partial charge in [0.25, 0.3) is 5.91 Å². The van der Waals surface area contributed by atoms with Crippen molar-refractivity contribution in [2.24, 2.45) is 5.73 Å². The molecule has 0 atom stereocenters. The number of aromatic nitrogens is 6. The number of pyridine rings is 2. The van der Waals surface area contributed by atoms with Crippen LogP contribution in [0.2, 0.25) is 5.02 Å². The van der Waals surface area contributed by atoms with Gasteiger partial charge in [0.05, 0.1) is 22.4 Å². The summed E-state index contributed by atoms with van der Waals surface area (Å²) in [5.74, 6) is -0.986. The van der Waals surface area contributed by atoms with Crippen molar-refractivity contribution < 1.29 is 9.18 Å². The second kappa shape index (κ2) is 7.57. The molecular weight excluding hydrogens is 435 g/mol. The van der Waals surface area contributed by atoms with Gasteiger partial charge in [0.2, 0.25) is 0 Å². The highest BCUT2D eigenvalue weighted by Crippen LogP contribution is 2.34.